The molecular formula is C4H11ClN+. The third kappa shape index (κ3) is 4.25. The van der Waals surface area contributed by atoms with Gasteiger partial charge in [0.2, 0.25) is 0 Å². The maximum absolute atomic E-state index is 5.36. The number of rotatable bonds is 2. The molecule has 0 saturated carbocycles. The summed E-state index contributed by atoms with van der Waals surface area (Å²) < 4.78 is 0. The van der Waals surface area contributed by atoms with Crippen molar-refractivity contribution in [3.63, 3.8) is 0 Å². The SMILES string of the molecule is C[C@@H]([NH3+])CCCl. The van der Waals surface area contributed by atoms with Crippen LogP contribution in [0, 0.1) is 0 Å². The first-order valence-electron chi connectivity index (χ1n) is 2.16. The molecule has 0 saturated heterocycles. The highest BCUT2D eigenvalue weighted by molar-refractivity contribution is 6.17. The van der Waals surface area contributed by atoms with Crippen molar-refractivity contribution in [2.75, 3.05) is 5.88 Å². The second-order valence-corrected chi connectivity index (χ2v) is 1.96. The summed E-state index contributed by atoms with van der Waals surface area (Å²) in [6.45, 7) is 2.06. The van der Waals surface area contributed by atoms with Crippen molar-refractivity contribution in [2.45, 2.75) is 19.4 Å². The van der Waals surface area contributed by atoms with Crippen LogP contribution in [0.4, 0.5) is 0 Å². The van der Waals surface area contributed by atoms with E-state index < -0.39 is 0 Å². The Bertz CT molecular complexity index is 28.7. The molecule has 3 N–H and O–H groups in total. The van der Waals surface area contributed by atoms with Crippen LogP contribution in [0.15, 0.2) is 0 Å². The molecule has 0 aliphatic carbocycles. The molecular weight excluding hydrogens is 97.5 g/mol. The highest BCUT2D eigenvalue weighted by Gasteiger charge is 1.91. The van der Waals surface area contributed by atoms with Crippen molar-refractivity contribution in [1.82, 2.24) is 0 Å². The Morgan fingerprint density at radius 2 is 2.33 bits per heavy atom. The highest BCUT2D eigenvalue weighted by Crippen LogP contribution is 1.84. The molecule has 0 fully saturated rings. The first kappa shape index (κ1) is 6.25. The van der Waals surface area contributed by atoms with E-state index >= 15 is 0 Å². The minimum Gasteiger partial charge on any atom is -0.355 e. The van der Waals surface area contributed by atoms with Crippen molar-refractivity contribution in [3.8, 4) is 0 Å². The molecule has 0 spiro atoms. The molecule has 0 aromatic carbocycles. The van der Waals surface area contributed by atoms with Crippen LogP contribution in [0.25, 0.3) is 0 Å². The van der Waals surface area contributed by atoms with E-state index in [0.717, 1.165) is 12.3 Å². The third-order valence-corrected chi connectivity index (χ3v) is 0.820. The van der Waals surface area contributed by atoms with Gasteiger partial charge in [0.15, 0.2) is 0 Å². The van der Waals surface area contributed by atoms with E-state index in [1.807, 2.05) is 0 Å². The molecule has 38 valence electrons. The molecule has 0 aromatic heterocycles. The second-order valence-electron chi connectivity index (χ2n) is 1.58. The fourth-order valence-electron chi connectivity index (χ4n) is 0.186. The van der Waals surface area contributed by atoms with Crippen LogP contribution < -0.4 is 5.73 Å². The second kappa shape index (κ2) is 3.44. The quantitative estimate of drug-likeness (QED) is 0.491. The average Bonchev–Trinajstić information content (AvgIpc) is 1.35. The molecule has 0 aromatic rings. The van der Waals surface area contributed by atoms with Gasteiger partial charge in [-0.3, -0.25) is 0 Å². The van der Waals surface area contributed by atoms with Gasteiger partial charge in [-0.2, -0.15) is 0 Å². The van der Waals surface area contributed by atoms with Crippen LogP contribution in [0.5, 0.6) is 0 Å². The molecule has 0 bridgehead atoms. The maximum Gasteiger partial charge on any atom is 0.0826 e. The van der Waals surface area contributed by atoms with E-state index in [0.29, 0.717) is 6.04 Å². The summed E-state index contributed by atoms with van der Waals surface area (Å²) in [6.07, 6.45) is 1.03. The molecule has 1 nitrogen and oxygen atoms in total. The van der Waals surface area contributed by atoms with Gasteiger partial charge in [-0.25, -0.2) is 0 Å². The van der Waals surface area contributed by atoms with Gasteiger partial charge in [-0.05, 0) is 6.92 Å². The zero-order valence-corrected chi connectivity index (χ0v) is 4.83. The smallest absolute Gasteiger partial charge is 0.0826 e. The number of alkyl halides is 1. The monoisotopic (exact) mass is 108 g/mol. The molecule has 0 rings (SSSR count). The van der Waals surface area contributed by atoms with Gasteiger partial charge in [-0.15, -0.1) is 11.6 Å². The largest absolute Gasteiger partial charge is 0.355 e. The van der Waals surface area contributed by atoms with Crippen LogP contribution in [0.1, 0.15) is 13.3 Å². The van der Waals surface area contributed by atoms with E-state index in [2.05, 4.69) is 12.7 Å². The third-order valence-electron chi connectivity index (χ3n) is 0.602. The summed E-state index contributed by atoms with van der Waals surface area (Å²) in [6, 6.07) is 0.516. The van der Waals surface area contributed by atoms with Gasteiger partial charge in [0.25, 0.3) is 0 Å². The fraction of sp³-hybridized carbons (Fsp3) is 1.00. The summed E-state index contributed by atoms with van der Waals surface area (Å²) in [4.78, 5) is 0. The number of halogens is 1. The predicted octanol–water partition coefficient (Wildman–Crippen LogP) is 0.246. The number of quaternary nitrogens is 1. The first-order valence-corrected chi connectivity index (χ1v) is 2.70. The predicted molar refractivity (Wildman–Crippen MR) is 27.7 cm³/mol. The Labute approximate surface area is 43.5 Å². The number of hydrogen-bond donors (Lipinski definition) is 1. The molecule has 0 heterocycles. The van der Waals surface area contributed by atoms with Crippen LogP contribution >= 0.6 is 11.6 Å². The van der Waals surface area contributed by atoms with Crippen molar-refractivity contribution in [3.05, 3.63) is 0 Å². The van der Waals surface area contributed by atoms with E-state index in [1.54, 1.807) is 0 Å². The molecule has 0 amide bonds. The van der Waals surface area contributed by atoms with Gasteiger partial charge in [0.1, 0.15) is 0 Å². The van der Waals surface area contributed by atoms with Gasteiger partial charge < -0.3 is 5.73 Å². The van der Waals surface area contributed by atoms with E-state index in [9.17, 15) is 0 Å². The van der Waals surface area contributed by atoms with Crippen LogP contribution in [0.3, 0.4) is 0 Å². The van der Waals surface area contributed by atoms with Crippen molar-refractivity contribution >= 4 is 11.6 Å². The van der Waals surface area contributed by atoms with Gasteiger partial charge in [0, 0.05) is 12.3 Å². The molecule has 0 aliphatic rings. The fourth-order valence-corrected chi connectivity index (χ4v) is 0.559. The van der Waals surface area contributed by atoms with Crippen molar-refractivity contribution in [2.24, 2.45) is 0 Å². The standard InChI is InChI=1S/C4H10ClN/c1-4(6)2-3-5/h4H,2-3,6H2,1H3/p+1/t4-/m1/s1. The van der Waals surface area contributed by atoms with Crippen LogP contribution in [-0.4, -0.2) is 11.9 Å². The van der Waals surface area contributed by atoms with Gasteiger partial charge in [0.05, 0.1) is 6.04 Å². The summed E-state index contributed by atoms with van der Waals surface area (Å²) >= 11 is 5.36. The minimum atomic E-state index is 0.516. The summed E-state index contributed by atoms with van der Waals surface area (Å²) in [7, 11) is 0. The van der Waals surface area contributed by atoms with Crippen LogP contribution in [0.2, 0.25) is 0 Å². The molecule has 1 atom stereocenters. The molecule has 0 unspecified atom stereocenters. The Hall–Kier alpha value is 0.250. The molecule has 0 aliphatic heterocycles. The van der Waals surface area contributed by atoms with E-state index in [1.165, 1.54) is 0 Å². The molecule has 2 heteroatoms. The summed E-state index contributed by atoms with van der Waals surface area (Å²) in [5.41, 5.74) is 3.74. The van der Waals surface area contributed by atoms with Gasteiger partial charge in [-0.1, -0.05) is 0 Å². The Morgan fingerprint density at radius 3 is 2.33 bits per heavy atom. The molecule has 6 heavy (non-hydrogen) atoms. The lowest BCUT2D eigenvalue weighted by molar-refractivity contribution is -0.414. The zero-order valence-electron chi connectivity index (χ0n) is 4.08. The minimum absolute atomic E-state index is 0.516. The summed E-state index contributed by atoms with van der Waals surface area (Å²) in [5, 5.41) is 0. The zero-order chi connectivity index (χ0) is 4.99. The van der Waals surface area contributed by atoms with Crippen LogP contribution in [-0.2, 0) is 0 Å². The lowest BCUT2D eigenvalue weighted by atomic mass is 10.3. The first-order chi connectivity index (χ1) is 2.77. The normalized spacial score (nSPS) is 14.5. The summed E-state index contributed by atoms with van der Waals surface area (Å²) in [5.74, 6) is 0.741. The Balaban J connectivity index is 2.63. The average molecular weight is 109 g/mol. The maximum atomic E-state index is 5.36. The lowest BCUT2D eigenvalue weighted by Crippen LogP contribution is -2.59. The van der Waals surface area contributed by atoms with E-state index in [-0.39, 0.29) is 0 Å². The molecule has 0 radical (unpaired) electrons. The number of hydrogen-bond acceptors (Lipinski definition) is 0. The van der Waals surface area contributed by atoms with Crippen molar-refractivity contribution < 1.29 is 5.73 Å². The van der Waals surface area contributed by atoms with E-state index in [4.69, 9.17) is 11.6 Å². The van der Waals surface area contributed by atoms with Crippen molar-refractivity contribution in [1.29, 1.82) is 0 Å². The Kier molecular flexibility index (Phi) is 3.58. The Morgan fingerprint density at radius 1 is 1.83 bits per heavy atom. The topological polar surface area (TPSA) is 27.6 Å². The van der Waals surface area contributed by atoms with Gasteiger partial charge >= 0.3 is 0 Å². The lowest BCUT2D eigenvalue weighted by Gasteiger charge is -1.91. The highest BCUT2D eigenvalue weighted by atomic mass is 35.5.